The van der Waals surface area contributed by atoms with Gasteiger partial charge in [0.2, 0.25) is 10.0 Å². The summed E-state index contributed by atoms with van der Waals surface area (Å²) in [6, 6.07) is 4.79. The van der Waals surface area contributed by atoms with E-state index in [0.29, 0.717) is 50.9 Å². The van der Waals surface area contributed by atoms with Crippen molar-refractivity contribution in [1.29, 1.82) is 0 Å². The largest absolute Gasteiger partial charge is 0.486 e. The first-order chi connectivity index (χ1) is 11.6. The summed E-state index contributed by atoms with van der Waals surface area (Å²) in [5.41, 5.74) is 0. The smallest absolute Gasteiger partial charge is 0.243 e. The van der Waals surface area contributed by atoms with Gasteiger partial charge in [0.05, 0.1) is 4.90 Å². The van der Waals surface area contributed by atoms with Gasteiger partial charge in [-0.1, -0.05) is 0 Å². The Balaban J connectivity index is 1.51. The molecule has 1 aromatic carbocycles. The number of hydrogen-bond donors (Lipinski definition) is 0. The van der Waals surface area contributed by atoms with Gasteiger partial charge in [-0.2, -0.15) is 4.31 Å². The number of nitrogens with zero attached hydrogens (tertiary/aromatic N) is 3. The SMILES string of the molecule is O=S(=O)(c1ccc2c(c1)OCCO2)N1CCN(c2nccs2)CC1. The van der Waals surface area contributed by atoms with Crippen LogP contribution in [0.5, 0.6) is 11.5 Å². The summed E-state index contributed by atoms with van der Waals surface area (Å²) >= 11 is 1.57. The molecule has 0 radical (unpaired) electrons. The number of sulfonamides is 1. The fraction of sp³-hybridized carbons (Fsp3) is 0.400. The highest BCUT2D eigenvalue weighted by Gasteiger charge is 2.30. The van der Waals surface area contributed by atoms with Crippen molar-refractivity contribution in [2.45, 2.75) is 4.90 Å². The molecule has 0 spiro atoms. The highest BCUT2D eigenvalue weighted by Crippen LogP contribution is 2.33. The van der Waals surface area contributed by atoms with Crippen LogP contribution in [0.15, 0.2) is 34.7 Å². The molecule has 2 aliphatic rings. The Bertz CT molecular complexity index is 815. The zero-order valence-electron chi connectivity index (χ0n) is 12.9. The number of hydrogen-bond acceptors (Lipinski definition) is 7. The molecule has 0 bridgehead atoms. The fourth-order valence-corrected chi connectivity index (χ4v) is 4.96. The van der Waals surface area contributed by atoms with Crippen molar-refractivity contribution < 1.29 is 17.9 Å². The van der Waals surface area contributed by atoms with E-state index in [9.17, 15) is 8.42 Å². The molecule has 0 aliphatic carbocycles. The molecule has 0 saturated carbocycles. The third-order valence-electron chi connectivity index (χ3n) is 4.08. The molecule has 0 amide bonds. The molecular weight excluding hydrogens is 350 g/mol. The minimum Gasteiger partial charge on any atom is -0.486 e. The van der Waals surface area contributed by atoms with E-state index in [-0.39, 0.29) is 4.90 Å². The summed E-state index contributed by atoms with van der Waals surface area (Å²) in [5.74, 6) is 1.08. The molecule has 24 heavy (non-hydrogen) atoms. The van der Waals surface area contributed by atoms with Crippen LogP contribution in [0.1, 0.15) is 0 Å². The molecule has 0 atom stereocenters. The average molecular weight is 367 g/mol. The first kappa shape index (κ1) is 15.7. The monoisotopic (exact) mass is 367 g/mol. The number of ether oxygens (including phenoxy) is 2. The molecule has 1 saturated heterocycles. The number of fused-ring (bicyclic) bond motifs is 1. The molecule has 4 rings (SSSR count). The highest BCUT2D eigenvalue weighted by atomic mass is 32.2. The first-order valence-electron chi connectivity index (χ1n) is 7.69. The normalized spacial score (nSPS) is 18.6. The van der Waals surface area contributed by atoms with Crippen molar-refractivity contribution in [3.05, 3.63) is 29.8 Å². The second-order valence-electron chi connectivity index (χ2n) is 5.51. The van der Waals surface area contributed by atoms with E-state index in [0.717, 1.165) is 5.13 Å². The maximum atomic E-state index is 12.9. The van der Waals surface area contributed by atoms with E-state index in [1.807, 2.05) is 5.38 Å². The molecule has 7 nitrogen and oxygen atoms in total. The highest BCUT2D eigenvalue weighted by molar-refractivity contribution is 7.89. The number of thiazole rings is 1. The van der Waals surface area contributed by atoms with Crippen LogP contribution < -0.4 is 14.4 Å². The zero-order chi connectivity index (χ0) is 16.6. The van der Waals surface area contributed by atoms with Gasteiger partial charge in [-0.3, -0.25) is 0 Å². The van der Waals surface area contributed by atoms with Crippen molar-refractivity contribution in [3.63, 3.8) is 0 Å². The molecule has 1 aromatic heterocycles. The molecule has 0 N–H and O–H groups in total. The first-order valence-corrected chi connectivity index (χ1v) is 10.0. The van der Waals surface area contributed by atoms with E-state index in [1.54, 1.807) is 35.7 Å². The number of aromatic nitrogens is 1. The predicted molar refractivity (Wildman–Crippen MR) is 90.5 cm³/mol. The van der Waals surface area contributed by atoms with Crippen molar-refractivity contribution in [3.8, 4) is 11.5 Å². The third kappa shape index (κ3) is 2.83. The lowest BCUT2D eigenvalue weighted by atomic mass is 10.3. The topological polar surface area (TPSA) is 72.0 Å². The maximum Gasteiger partial charge on any atom is 0.243 e. The third-order valence-corrected chi connectivity index (χ3v) is 6.81. The van der Waals surface area contributed by atoms with Gasteiger partial charge in [0, 0.05) is 43.8 Å². The summed E-state index contributed by atoms with van der Waals surface area (Å²) in [4.78, 5) is 6.64. The minimum absolute atomic E-state index is 0.245. The van der Waals surface area contributed by atoms with Crippen molar-refractivity contribution in [2.75, 3.05) is 44.3 Å². The van der Waals surface area contributed by atoms with Gasteiger partial charge in [-0.05, 0) is 12.1 Å². The second-order valence-corrected chi connectivity index (χ2v) is 8.32. The van der Waals surface area contributed by atoms with Gasteiger partial charge < -0.3 is 14.4 Å². The number of rotatable bonds is 3. The Morgan fingerprint density at radius 3 is 2.50 bits per heavy atom. The van der Waals surface area contributed by atoms with E-state index < -0.39 is 10.0 Å². The Kier molecular flexibility index (Phi) is 4.07. The van der Waals surface area contributed by atoms with Crippen LogP contribution in [-0.4, -0.2) is 57.1 Å². The lowest BCUT2D eigenvalue weighted by Crippen LogP contribution is -2.48. The van der Waals surface area contributed by atoms with Crippen LogP contribution in [0.2, 0.25) is 0 Å². The zero-order valence-corrected chi connectivity index (χ0v) is 14.6. The molecule has 2 aromatic rings. The standard InChI is InChI=1S/C15H17N3O4S2/c19-24(20,12-1-2-13-14(11-12)22-9-8-21-13)18-6-4-17(5-7-18)15-16-3-10-23-15/h1-3,10-11H,4-9H2. The van der Waals surface area contributed by atoms with Crippen LogP contribution in [-0.2, 0) is 10.0 Å². The van der Waals surface area contributed by atoms with E-state index >= 15 is 0 Å². The minimum atomic E-state index is -3.53. The number of anilines is 1. The van der Waals surface area contributed by atoms with Crippen molar-refractivity contribution >= 4 is 26.5 Å². The number of benzene rings is 1. The summed E-state index contributed by atoms with van der Waals surface area (Å²) in [5, 5.41) is 2.86. The van der Waals surface area contributed by atoms with Gasteiger partial charge in [0.15, 0.2) is 16.6 Å². The average Bonchev–Trinajstić information content (AvgIpc) is 3.16. The van der Waals surface area contributed by atoms with Gasteiger partial charge in [-0.15, -0.1) is 11.3 Å². The predicted octanol–water partition coefficient (Wildman–Crippen LogP) is 1.43. The molecule has 1 fully saturated rings. The van der Waals surface area contributed by atoms with Gasteiger partial charge in [0.1, 0.15) is 13.2 Å². The van der Waals surface area contributed by atoms with Crippen LogP contribution in [0.4, 0.5) is 5.13 Å². The summed E-state index contributed by atoms with van der Waals surface area (Å²) in [6.45, 7) is 3.07. The van der Waals surface area contributed by atoms with Gasteiger partial charge >= 0.3 is 0 Å². The molecular formula is C15H17N3O4S2. The number of piperazine rings is 1. The van der Waals surface area contributed by atoms with Crippen LogP contribution in [0.25, 0.3) is 0 Å². The summed E-state index contributed by atoms with van der Waals surface area (Å²) in [7, 11) is -3.53. The Hall–Kier alpha value is -1.84. The van der Waals surface area contributed by atoms with Crippen LogP contribution in [0, 0.1) is 0 Å². The van der Waals surface area contributed by atoms with E-state index in [4.69, 9.17) is 9.47 Å². The second kappa shape index (κ2) is 6.23. The quantitative estimate of drug-likeness (QED) is 0.817. The lowest BCUT2D eigenvalue weighted by molar-refractivity contribution is 0.171. The molecule has 0 unspecified atom stereocenters. The van der Waals surface area contributed by atoms with Crippen molar-refractivity contribution in [1.82, 2.24) is 9.29 Å². The Labute approximate surface area is 144 Å². The van der Waals surface area contributed by atoms with Crippen LogP contribution in [0.3, 0.4) is 0 Å². The fourth-order valence-electron chi connectivity index (χ4n) is 2.83. The van der Waals surface area contributed by atoms with Gasteiger partial charge in [-0.25, -0.2) is 13.4 Å². The Morgan fingerprint density at radius 1 is 1.04 bits per heavy atom. The lowest BCUT2D eigenvalue weighted by Gasteiger charge is -2.33. The molecule has 128 valence electrons. The summed E-state index contributed by atoms with van der Waals surface area (Å²) in [6.07, 6.45) is 1.76. The van der Waals surface area contributed by atoms with Crippen LogP contribution >= 0.6 is 11.3 Å². The maximum absolute atomic E-state index is 12.9. The molecule has 3 heterocycles. The van der Waals surface area contributed by atoms with Gasteiger partial charge in [0.25, 0.3) is 0 Å². The molecule has 2 aliphatic heterocycles. The Morgan fingerprint density at radius 2 is 1.79 bits per heavy atom. The van der Waals surface area contributed by atoms with Crippen molar-refractivity contribution in [2.24, 2.45) is 0 Å². The van der Waals surface area contributed by atoms with E-state index in [1.165, 1.54) is 4.31 Å². The van der Waals surface area contributed by atoms with E-state index in [2.05, 4.69) is 9.88 Å². The molecule has 9 heteroatoms. The summed E-state index contributed by atoms with van der Waals surface area (Å²) < 4.78 is 38.2.